The van der Waals surface area contributed by atoms with Crippen LogP contribution in [-0.4, -0.2) is 60.3 Å². The predicted octanol–water partition coefficient (Wildman–Crippen LogP) is 2.29. The van der Waals surface area contributed by atoms with E-state index in [2.05, 4.69) is 16.3 Å². The van der Waals surface area contributed by atoms with E-state index in [1.165, 1.54) is 6.42 Å². The quantitative estimate of drug-likeness (QED) is 0.811. The maximum atomic E-state index is 11.1. The van der Waals surface area contributed by atoms with Gasteiger partial charge in [0.05, 0.1) is 11.6 Å². The molecule has 2 fully saturated rings. The van der Waals surface area contributed by atoms with Crippen molar-refractivity contribution < 1.29 is 9.90 Å². The van der Waals surface area contributed by atoms with Gasteiger partial charge in [-0.3, -0.25) is 0 Å². The fourth-order valence-corrected chi connectivity index (χ4v) is 3.92. The number of anilines is 1. The molecule has 0 spiro atoms. The molecule has 24 heavy (non-hydrogen) atoms. The van der Waals surface area contributed by atoms with E-state index >= 15 is 0 Å². The first-order chi connectivity index (χ1) is 11.6. The molecule has 2 unspecified atom stereocenters. The molecule has 2 saturated heterocycles. The van der Waals surface area contributed by atoms with E-state index in [0.29, 0.717) is 30.5 Å². The van der Waals surface area contributed by atoms with Gasteiger partial charge in [0.2, 0.25) is 0 Å². The number of carboxylic acid groups (broad SMARTS) is 1. The van der Waals surface area contributed by atoms with Gasteiger partial charge in [-0.25, -0.2) is 4.79 Å². The Morgan fingerprint density at radius 1 is 1.21 bits per heavy atom. The van der Waals surface area contributed by atoms with Crippen LogP contribution in [0.15, 0.2) is 24.3 Å². The van der Waals surface area contributed by atoms with Gasteiger partial charge in [0.15, 0.2) is 0 Å². The van der Waals surface area contributed by atoms with Gasteiger partial charge in [-0.15, -0.1) is 0 Å². The average molecular weight is 328 g/mol. The number of hydrogen-bond acceptors (Lipinski definition) is 4. The first-order valence-corrected chi connectivity index (χ1v) is 8.58. The zero-order valence-electron chi connectivity index (χ0n) is 13.8. The van der Waals surface area contributed by atoms with Gasteiger partial charge in [-0.2, -0.15) is 5.26 Å². The summed E-state index contributed by atoms with van der Waals surface area (Å²) in [5, 5.41) is 21.3. The van der Waals surface area contributed by atoms with Crippen molar-refractivity contribution in [2.24, 2.45) is 11.8 Å². The van der Waals surface area contributed by atoms with Crippen LogP contribution in [0.1, 0.15) is 18.4 Å². The van der Waals surface area contributed by atoms with Gasteiger partial charge in [0, 0.05) is 38.4 Å². The summed E-state index contributed by atoms with van der Waals surface area (Å²) in [6.07, 6.45) is 1.45. The Morgan fingerprint density at radius 2 is 1.88 bits per heavy atom. The minimum Gasteiger partial charge on any atom is -0.465 e. The van der Waals surface area contributed by atoms with E-state index in [0.717, 1.165) is 38.3 Å². The summed E-state index contributed by atoms with van der Waals surface area (Å²) < 4.78 is 0. The highest BCUT2D eigenvalue weighted by Gasteiger charge is 2.35. The lowest BCUT2D eigenvalue weighted by Gasteiger charge is -2.45. The minimum absolute atomic E-state index is 0.486. The summed E-state index contributed by atoms with van der Waals surface area (Å²) in [7, 11) is 0. The average Bonchev–Trinajstić information content (AvgIpc) is 2.58. The van der Waals surface area contributed by atoms with Gasteiger partial charge in [0.1, 0.15) is 0 Å². The van der Waals surface area contributed by atoms with Crippen molar-refractivity contribution in [1.29, 1.82) is 5.26 Å². The SMILES string of the molecule is N#Cc1ccc(NCCCN2CC3CC(C2)CN(C(=O)O)C3)cc1. The van der Waals surface area contributed by atoms with Crippen molar-refractivity contribution in [2.75, 3.05) is 44.6 Å². The van der Waals surface area contributed by atoms with Crippen molar-refractivity contribution >= 4 is 11.8 Å². The predicted molar refractivity (Wildman–Crippen MR) is 91.9 cm³/mol. The molecular weight excluding hydrogens is 304 g/mol. The summed E-state index contributed by atoms with van der Waals surface area (Å²) in [4.78, 5) is 15.2. The molecule has 6 heteroatoms. The summed E-state index contributed by atoms with van der Waals surface area (Å²) in [6, 6.07) is 9.63. The monoisotopic (exact) mass is 328 g/mol. The largest absolute Gasteiger partial charge is 0.465 e. The molecule has 0 radical (unpaired) electrons. The summed E-state index contributed by atoms with van der Waals surface area (Å²) in [5.41, 5.74) is 1.72. The number of amides is 1. The highest BCUT2D eigenvalue weighted by Crippen LogP contribution is 2.28. The molecule has 2 heterocycles. The smallest absolute Gasteiger partial charge is 0.407 e. The minimum atomic E-state index is -0.773. The number of benzene rings is 1. The highest BCUT2D eigenvalue weighted by atomic mass is 16.4. The van der Waals surface area contributed by atoms with Gasteiger partial charge in [0.25, 0.3) is 0 Å². The zero-order chi connectivity index (χ0) is 16.9. The third kappa shape index (κ3) is 4.18. The molecule has 0 saturated carbocycles. The molecule has 2 N–H and O–H groups in total. The molecule has 0 aliphatic carbocycles. The molecule has 128 valence electrons. The van der Waals surface area contributed by atoms with Crippen molar-refractivity contribution in [3.05, 3.63) is 29.8 Å². The molecule has 6 nitrogen and oxygen atoms in total. The Bertz CT molecular complexity index is 596. The maximum Gasteiger partial charge on any atom is 0.407 e. The number of nitriles is 1. The van der Waals surface area contributed by atoms with Crippen LogP contribution in [0.5, 0.6) is 0 Å². The topological polar surface area (TPSA) is 79.6 Å². The lowest BCUT2D eigenvalue weighted by molar-refractivity contribution is 0.0335. The second-order valence-corrected chi connectivity index (χ2v) is 6.88. The number of hydrogen-bond donors (Lipinski definition) is 2. The van der Waals surface area contributed by atoms with Crippen LogP contribution >= 0.6 is 0 Å². The zero-order valence-corrected chi connectivity index (χ0v) is 13.8. The van der Waals surface area contributed by atoms with Gasteiger partial charge in [-0.1, -0.05) is 0 Å². The first kappa shape index (κ1) is 16.6. The Kier molecular flexibility index (Phi) is 5.21. The third-order valence-corrected chi connectivity index (χ3v) is 4.92. The van der Waals surface area contributed by atoms with Crippen LogP contribution in [0.2, 0.25) is 0 Å². The van der Waals surface area contributed by atoms with Gasteiger partial charge >= 0.3 is 6.09 Å². The normalized spacial score (nSPS) is 23.5. The van der Waals surface area contributed by atoms with Crippen LogP contribution in [-0.2, 0) is 0 Å². The fraction of sp³-hybridized carbons (Fsp3) is 0.556. The van der Waals surface area contributed by atoms with Crippen LogP contribution in [0.3, 0.4) is 0 Å². The Balaban J connectivity index is 1.39. The van der Waals surface area contributed by atoms with E-state index < -0.39 is 6.09 Å². The number of carbonyl (C=O) groups is 1. The number of rotatable bonds is 5. The van der Waals surface area contributed by atoms with Gasteiger partial charge < -0.3 is 20.2 Å². The Morgan fingerprint density at radius 3 is 2.46 bits per heavy atom. The van der Waals surface area contributed by atoms with E-state index in [1.54, 1.807) is 4.90 Å². The molecule has 1 amide bonds. The van der Waals surface area contributed by atoms with Crippen LogP contribution in [0.25, 0.3) is 0 Å². The molecule has 3 rings (SSSR count). The lowest BCUT2D eigenvalue weighted by Crippen LogP contribution is -2.54. The summed E-state index contributed by atoms with van der Waals surface area (Å²) >= 11 is 0. The summed E-state index contributed by atoms with van der Waals surface area (Å²) in [5.74, 6) is 0.972. The molecule has 2 bridgehead atoms. The fourth-order valence-electron chi connectivity index (χ4n) is 3.92. The lowest BCUT2D eigenvalue weighted by atomic mass is 9.85. The van der Waals surface area contributed by atoms with E-state index in [4.69, 9.17) is 10.4 Å². The van der Waals surface area contributed by atoms with Crippen LogP contribution in [0.4, 0.5) is 10.5 Å². The molecule has 1 aromatic rings. The maximum absolute atomic E-state index is 11.1. The van der Waals surface area contributed by atoms with Crippen molar-refractivity contribution in [1.82, 2.24) is 9.80 Å². The van der Waals surface area contributed by atoms with E-state index in [1.807, 2.05) is 24.3 Å². The number of fused-ring (bicyclic) bond motifs is 2. The van der Waals surface area contributed by atoms with Gasteiger partial charge in [-0.05, 0) is 55.5 Å². The van der Waals surface area contributed by atoms with Crippen LogP contribution < -0.4 is 5.32 Å². The first-order valence-electron chi connectivity index (χ1n) is 8.58. The molecule has 2 aliphatic heterocycles. The second-order valence-electron chi connectivity index (χ2n) is 6.88. The standard InChI is InChI=1S/C18H24N4O2/c19-9-14-2-4-17(5-3-14)20-6-1-7-21-10-15-8-16(11-21)13-22(12-15)18(23)24/h2-5,15-16,20H,1,6-8,10-13H2,(H,23,24). The summed E-state index contributed by atoms with van der Waals surface area (Å²) in [6.45, 7) is 5.34. The van der Waals surface area contributed by atoms with Crippen molar-refractivity contribution in [2.45, 2.75) is 12.8 Å². The molecule has 1 aromatic carbocycles. The van der Waals surface area contributed by atoms with Crippen molar-refractivity contribution in [3.63, 3.8) is 0 Å². The molecular formula is C18H24N4O2. The number of likely N-dealkylation sites (tertiary alicyclic amines) is 2. The number of nitrogens with one attached hydrogen (secondary N) is 1. The molecule has 2 aliphatic rings. The molecule has 2 atom stereocenters. The molecule has 0 aromatic heterocycles. The highest BCUT2D eigenvalue weighted by molar-refractivity contribution is 5.65. The third-order valence-electron chi connectivity index (χ3n) is 4.92. The van der Waals surface area contributed by atoms with E-state index in [-0.39, 0.29) is 0 Å². The second kappa shape index (κ2) is 7.54. The van der Waals surface area contributed by atoms with E-state index in [9.17, 15) is 4.79 Å². The number of piperidine rings is 2. The Labute approximate surface area is 142 Å². The number of nitrogens with zero attached hydrogens (tertiary/aromatic N) is 3. The Hall–Kier alpha value is -2.26. The van der Waals surface area contributed by atoms with Crippen molar-refractivity contribution in [3.8, 4) is 6.07 Å². The van der Waals surface area contributed by atoms with Crippen LogP contribution in [0, 0.1) is 23.2 Å².